The van der Waals surface area contributed by atoms with Crippen LogP contribution in [-0.4, -0.2) is 187 Å². The van der Waals surface area contributed by atoms with E-state index >= 15 is 0 Å². The molecule has 0 saturated carbocycles. The smallest absolute Gasteiger partial charge is 0.412 e. The number of ether oxygens (including phenoxy) is 5. The first kappa shape index (κ1) is 75.7. The van der Waals surface area contributed by atoms with Crippen molar-refractivity contribution in [2.24, 2.45) is 35.5 Å². The molecule has 22 heteroatoms. The van der Waals surface area contributed by atoms with Crippen LogP contribution in [0.15, 0.2) is 41.9 Å². The number of carboxylic acid groups (broad SMARTS) is 1. The number of Topliss-reactive ketones (excluding diaryl/α,β-unsaturated/α-hetero) is 1. The molecule has 0 radical (unpaired) electrons. The van der Waals surface area contributed by atoms with E-state index in [0.717, 1.165) is 10.6 Å². The molecule has 3 rings (SSSR count). The molecule has 0 spiro atoms. The number of likely N-dealkylation sites (N-methyl/N-ethyl adjacent to an activating group) is 3. The van der Waals surface area contributed by atoms with Gasteiger partial charge in [0.1, 0.15) is 22.3 Å². The first-order valence-corrected chi connectivity index (χ1v) is 31.2. The molecule has 1 aromatic heterocycles. The van der Waals surface area contributed by atoms with E-state index in [-0.39, 0.29) is 53.7 Å². The lowest BCUT2D eigenvalue weighted by atomic mass is 9.84. The van der Waals surface area contributed by atoms with Crippen LogP contribution in [0.1, 0.15) is 159 Å². The van der Waals surface area contributed by atoms with Crippen molar-refractivity contribution in [2.45, 2.75) is 203 Å². The minimum Gasteiger partial charge on any atom is -0.480 e. The lowest BCUT2D eigenvalue weighted by Crippen LogP contribution is -2.55. The third kappa shape index (κ3) is 25.8. The van der Waals surface area contributed by atoms with Crippen molar-refractivity contribution < 1.29 is 62.4 Å². The summed E-state index contributed by atoms with van der Waals surface area (Å²) in [5, 5.41) is 20.5. The van der Waals surface area contributed by atoms with Gasteiger partial charge < -0.3 is 54.5 Å². The molecule has 10 atom stereocenters. The van der Waals surface area contributed by atoms with Gasteiger partial charge in [0, 0.05) is 77.9 Å². The van der Waals surface area contributed by atoms with E-state index in [0.29, 0.717) is 71.2 Å². The molecule has 1 aromatic carbocycles. The average Bonchev–Trinajstić information content (AvgIpc) is 2.90. The second-order valence-corrected chi connectivity index (χ2v) is 26.5. The van der Waals surface area contributed by atoms with E-state index in [2.05, 4.69) is 20.9 Å². The van der Waals surface area contributed by atoms with Gasteiger partial charge in [-0.25, -0.2) is 19.4 Å². The number of alkyl carbamates (subject to hydrolysis) is 2. The Morgan fingerprint density at radius 3 is 1.76 bits per heavy atom. The molecule has 0 bridgehead atoms. The van der Waals surface area contributed by atoms with Crippen LogP contribution in [-0.2, 0) is 49.3 Å². The number of nitrogens with zero attached hydrogens (tertiary/aromatic N) is 5. The number of carbonyl (C=O) groups is 7. The Balaban J connectivity index is 0.00000104. The molecule has 1 aliphatic rings. The summed E-state index contributed by atoms with van der Waals surface area (Å²) in [6.45, 7) is 30.7. The van der Waals surface area contributed by atoms with Crippen LogP contribution in [0.5, 0.6) is 0 Å². The Morgan fingerprint density at radius 1 is 0.776 bits per heavy atom. The van der Waals surface area contributed by atoms with Crippen molar-refractivity contribution in [1.29, 1.82) is 0 Å². The van der Waals surface area contributed by atoms with E-state index in [1.54, 1.807) is 62.9 Å². The molecular formula is C63H108N8O13S. The lowest BCUT2D eigenvalue weighted by molar-refractivity contribution is -0.166. The second kappa shape index (κ2) is 36.7. The third-order valence-electron chi connectivity index (χ3n) is 15.2. The van der Waals surface area contributed by atoms with Gasteiger partial charge >= 0.3 is 24.2 Å². The summed E-state index contributed by atoms with van der Waals surface area (Å²) in [6, 6.07) is 7.53. The number of rotatable bonds is 32. The highest BCUT2D eigenvalue weighted by atomic mass is 32.1. The molecule has 0 aliphatic carbocycles. The molecular weight excluding hydrogens is 1110 g/mol. The summed E-state index contributed by atoms with van der Waals surface area (Å²) in [5.74, 6) is -2.88. The second-order valence-electron chi connectivity index (χ2n) is 25.6. The first-order valence-electron chi connectivity index (χ1n) is 30.3. The van der Waals surface area contributed by atoms with Gasteiger partial charge in [-0.15, -0.1) is 11.3 Å². The molecule has 1 fully saturated rings. The molecule has 85 heavy (non-hydrogen) atoms. The van der Waals surface area contributed by atoms with Crippen LogP contribution in [0.2, 0.25) is 0 Å². The topological polar surface area (TPSA) is 248 Å². The number of ketones is 1. The molecule has 4 N–H and O–H groups in total. The van der Waals surface area contributed by atoms with E-state index in [1.165, 1.54) is 18.4 Å². The highest BCUT2D eigenvalue weighted by Crippen LogP contribution is 2.32. The minimum atomic E-state index is -1.13. The fraction of sp³-hybridized carbons (Fsp3) is 0.746. The van der Waals surface area contributed by atoms with Crippen molar-refractivity contribution in [3.63, 3.8) is 0 Å². The quantitative estimate of drug-likeness (QED) is 0.0302. The zero-order valence-corrected chi connectivity index (χ0v) is 55.8. The molecule has 2 heterocycles. The number of hydrogen-bond donors (Lipinski definition) is 4. The summed E-state index contributed by atoms with van der Waals surface area (Å²) in [5.41, 5.74) is -0.0333. The van der Waals surface area contributed by atoms with Gasteiger partial charge in [0.2, 0.25) is 18.1 Å². The minimum absolute atomic E-state index is 0.0262. The van der Waals surface area contributed by atoms with Crippen LogP contribution in [0.25, 0.3) is 0 Å². The van der Waals surface area contributed by atoms with E-state index in [1.807, 2.05) is 131 Å². The zero-order valence-electron chi connectivity index (χ0n) is 55.0. The number of carboxylic acids is 1. The Kier molecular flexibility index (Phi) is 32.6. The van der Waals surface area contributed by atoms with Gasteiger partial charge in [-0.3, -0.25) is 29.0 Å². The molecule has 0 unspecified atom stereocenters. The van der Waals surface area contributed by atoms with Gasteiger partial charge in [-0.2, -0.15) is 0 Å². The molecule has 5 amide bonds. The van der Waals surface area contributed by atoms with E-state index < -0.39 is 83.8 Å². The number of aromatic nitrogens is 1. The van der Waals surface area contributed by atoms with E-state index in [4.69, 9.17) is 28.8 Å². The van der Waals surface area contributed by atoms with Crippen LogP contribution < -0.4 is 16.0 Å². The summed E-state index contributed by atoms with van der Waals surface area (Å²) in [7, 11) is 8.39. The van der Waals surface area contributed by atoms with Crippen molar-refractivity contribution >= 4 is 53.2 Å². The predicted octanol–water partition coefficient (Wildman–Crippen LogP) is 9.69. The van der Waals surface area contributed by atoms with Gasteiger partial charge in [0.15, 0.2) is 5.78 Å². The molecule has 2 aromatic rings. The summed E-state index contributed by atoms with van der Waals surface area (Å²) in [6.07, 6.45) is 2.26. The van der Waals surface area contributed by atoms with Crippen LogP contribution in [0, 0.1) is 35.5 Å². The van der Waals surface area contributed by atoms with Crippen molar-refractivity contribution in [3.8, 4) is 0 Å². The standard InChI is InChI=1S/C49H80N6O9S.C14H28N2O4/c1-15-33(6)41(54(12)45(58)36(31(2)3)30-39(56)40(32(4)5)53(11)26-20-24-51-47(59)64-49(8,9)10)46(62-14)63-48(60)55-27-19-23-38(55)42(61-13)34(7)43(57)52-37(44-50-25-28-65-44)29-35-21-17-16-18-22-35;1-10(2)11(12(17)18)16(6)9-7-8-15-13(19)20-14(3,4)5/h16-18,21-22,25,28,31-34,36-38,40-42,46H,15,19-20,23-24,26-27,29-30H2,1-14H3,(H,51,59)(H,52,57);10-11H,7-9H2,1-6H3,(H,15,19)(H,17,18)/t33-,34+,36-,37-,38-,40-,41-,42+,46+;11-/m00/s1. The van der Waals surface area contributed by atoms with Crippen molar-refractivity contribution in [3.05, 3.63) is 52.5 Å². The maximum atomic E-state index is 14.6. The number of thiazole rings is 1. The number of nitrogens with one attached hydrogen (secondary N) is 3. The number of methoxy groups -OCH3 is 2. The Labute approximate surface area is 512 Å². The fourth-order valence-corrected chi connectivity index (χ4v) is 11.6. The number of amides is 5. The number of benzene rings is 1. The lowest BCUT2D eigenvalue weighted by Gasteiger charge is -2.40. The number of carbonyl (C=O) groups excluding carboxylic acids is 6. The third-order valence-corrected chi connectivity index (χ3v) is 16.1. The Morgan fingerprint density at radius 2 is 1.32 bits per heavy atom. The normalized spacial score (nSPS) is 17.0. The van der Waals surface area contributed by atoms with Gasteiger partial charge in [0.05, 0.1) is 36.2 Å². The Hall–Kier alpha value is -5.42. The number of hydrogen-bond acceptors (Lipinski definition) is 16. The monoisotopic (exact) mass is 1220 g/mol. The maximum absolute atomic E-state index is 14.6. The molecule has 484 valence electrons. The average molecular weight is 1220 g/mol. The van der Waals surface area contributed by atoms with E-state index in [9.17, 15) is 33.6 Å². The number of likely N-dealkylation sites (tertiary alicyclic amines) is 1. The van der Waals surface area contributed by atoms with Gasteiger partial charge in [-0.05, 0) is 117 Å². The van der Waals surface area contributed by atoms with Gasteiger partial charge in [0.25, 0.3) is 0 Å². The molecule has 21 nitrogen and oxygen atoms in total. The van der Waals surface area contributed by atoms with Crippen LogP contribution >= 0.6 is 11.3 Å². The first-order chi connectivity index (χ1) is 39.7. The van der Waals surface area contributed by atoms with Crippen molar-refractivity contribution in [2.75, 3.05) is 68.1 Å². The summed E-state index contributed by atoms with van der Waals surface area (Å²) < 4.78 is 28.6. The summed E-state index contributed by atoms with van der Waals surface area (Å²) in [4.78, 5) is 103. The number of aliphatic carboxylic acids is 1. The fourth-order valence-electron chi connectivity index (χ4n) is 10.9. The summed E-state index contributed by atoms with van der Waals surface area (Å²) >= 11 is 1.49. The SMILES string of the molecule is CC(C)[C@@H](C(=O)O)N(C)CCCNC(=O)OC(C)(C)C.CC[C@H](C)[C@@H]([C@H](OC)OC(=O)N1CCC[C@H]1[C@H](OC)[C@@H](C)C(=O)N[C@@H](Cc1ccccc1)c1nccs1)N(C)C(=O)[C@@H](CC(=O)[C@H](C(C)C)N(C)CCCNC(=O)OC(C)(C)C)C(C)C. The predicted molar refractivity (Wildman–Crippen MR) is 332 cm³/mol. The largest absolute Gasteiger partial charge is 0.480 e. The Bertz CT molecular complexity index is 2330. The highest BCUT2D eigenvalue weighted by Gasteiger charge is 2.45. The molecule has 1 saturated heterocycles. The maximum Gasteiger partial charge on any atom is 0.412 e. The van der Waals surface area contributed by atoms with Crippen LogP contribution in [0.4, 0.5) is 14.4 Å². The van der Waals surface area contributed by atoms with Crippen molar-refractivity contribution in [1.82, 2.24) is 40.5 Å². The highest BCUT2D eigenvalue weighted by molar-refractivity contribution is 7.09. The zero-order chi connectivity index (χ0) is 64.5. The van der Waals surface area contributed by atoms with Crippen LogP contribution in [0.3, 0.4) is 0 Å². The van der Waals surface area contributed by atoms with Gasteiger partial charge in [-0.1, -0.05) is 99.1 Å². The molecule has 1 aliphatic heterocycles.